The van der Waals surface area contributed by atoms with E-state index in [0.29, 0.717) is 0 Å². The zero-order valence-corrected chi connectivity index (χ0v) is 4.64. The first-order valence-corrected chi connectivity index (χ1v) is 2.28. The summed E-state index contributed by atoms with van der Waals surface area (Å²) in [5, 5.41) is 7.19. The molecular formula is C4H6ClO2. The van der Waals surface area contributed by atoms with Crippen LogP contribution in [-0.4, -0.2) is 16.5 Å². The molecule has 0 saturated carbocycles. The Morgan fingerprint density at radius 2 is 2.43 bits per heavy atom. The fraction of sp³-hybridized carbons (Fsp3) is 0.500. The van der Waals surface area contributed by atoms with Gasteiger partial charge in [0.1, 0.15) is 5.38 Å². The van der Waals surface area contributed by atoms with Gasteiger partial charge in [-0.15, -0.1) is 11.6 Å². The van der Waals surface area contributed by atoms with E-state index in [1.165, 1.54) is 6.42 Å². The average molecular weight is 122 g/mol. The molecule has 0 aromatic heterocycles. The molecule has 1 N–H and O–H groups in total. The summed E-state index contributed by atoms with van der Waals surface area (Å²) in [5.74, 6) is -0.996. The van der Waals surface area contributed by atoms with Crippen LogP contribution < -0.4 is 0 Å². The van der Waals surface area contributed by atoms with E-state index in [0.717, 1.165) is 0 Å². The summed E-state index contributed by atoms with van der Waals surface area (Å²) in [6, 6.07) is 0. The first-order valence-electron chi connectivity index (χ1n) is 1.85. The molecule has 0 rings (SSSR count). The highest BCUT2D eigenvalue weighted by Gasteiger charge is 2.08. The van der Waals surface area contributed by atoms with Crippen molar-refractivity contribution < 1.29 is 9.90 Å². The van der Waals surface area contributed by atoms with Crippen molar-refractivity contribution in [3.05, 3.63) is 6.42 Å². The molecule has 0 aliphatic rings. The first kappa shape index (κ1) is 6.76. The molecule has 0 aromatic carbocycles. The zero-order chi connectivity index (χ0) is 5.86. The van der Waals surface area contributed by atoms with Crippen molar-refractivity contribution in [2.75, 3.05) is 0 Å². The second kappa shape index (κ2) is 2.86. The molecule has 1 radical (unpaired) electrons. The molecular weight excluding hydrogens is 115 g/mol. The Balaban J connectivity index is 3.34. The van der Waals surface area contributed by atoms with Gasteiger partial charge in [0, 0.05) is 0 Å². The minimum atomic E-state index is -0.996. The Morgan fingerprint density at radius 1 is 2.00 bits per heavy atom. The van der Waals surface area contributed by atoms with E-state index in [2.05, 4.69) is 0 Å². The predicted molar refractivity (Wildman–Crippen MR) is 27.3 cm³/mol. The summed E-state index contributed by atoms with van der Waals surface area (Å²) < 4.78 is 0. The van der Waals surface area contributed by atoms with Gasteiger partial charge in [-0.1, -0.05) is 6.92 Å². The molecule has 0 heterocycles. The molecule has 0 fully saturated rings. The normalized spacial score (nSPS) is 13.4. The molecule has 0 bridgehead atoms. The number of carboxylic acids is 1. The van der Waals surface area contributed by atoms with Crippen molar-refractivity contribution in [3.8, 4) is 0 Å². The van der Waals surface area contributed by atoms with E-state index >= 15 is 0 Å². The smallest absolute Gasteiger partial charge is 0.321 e. The summed E-state index contributed by atoms with van der Waals surface area (Å²) in [6.45, 7) is 1.60. The van der Waals surface area contributed by atoms with Gasteiger partial charge in [-0.25, -0.2) is 0 Å². The van der Waals surface area contributed by atoms with Crippen LogP contribution in [0.1, 0.15) is 6.92 Å². The van der Waals surface area contributed by atoms with E-state index in [4.69, 9.17) is 16.7 Å². The summed E-state index contributed by atoms with van der Waals surface area (Å²) in [4.78, 5) is 9.77. The van der Waals surface area contributed by atoms with Gasteiger partial charge in [-0.3, -0.25) is 4.79 Å². The van der Waals surface area contributed by atoms with Crippen LogP contribution in [0.2, 0.25) is 0 Å². The summed E-state index contributed by atoms with van der Waals surface area (Å²) in [7, 11) is 0. The van der Waals surface area contributed by atoms with Crippen LogP contribution in [0, 0.1) is 6.42 Å². The van der Waals surface area contributed by atoms with E-state index in [9.17, 15) is 4.79 Å². The number of halogens is 1. The summed E-state index contributed by atoms with van der Waals surface area (Å²) in [5.41, 5.74) is 0. The van der Waals surface area contributed by atoms with Crippen LogP contribution in [0.25, 0.3) is 0 Å². The molecule has 41 valence electrons. The lowest BCUT2D eigenvalue weighted by atomic mass is 10.3. The van der Waals surface area contributed by atoms with Gasteiger partial charge in [0.2, 0.25) is 0 Å². The third kappa shape index (κ3) is 2.45. The van der Waals surface area contributed by atoms with Crippen LogP contribution >= 0.6 is 11.6 Å². The Labute approximate surface area is 47.1 Å². The van der Waals surface area contributed by atoms with Crippen molar-refractivity contribution in [2.45, 2.75) is 12.3 Å². The van der Waals surface area contributed by atoms with Crippen molar-refractivity contribution in [3.63, 3.8) is 0 Å². The summed E-state index contributed by atoms with van der Waals surface area (Å²) in [6.07, 6.45) is 1.41. The molecule has 0 saturated heterocycles. The molecule has 7 heavy (non-hydrogen) atoms. The quantitative estimate of drug-likeness (QED) is 0.552. The Kier molecular flexibility index (Phi) is 2.76. The minimum absolute atomic E-state index is 0.833. The SMILES string of the molecule is C[CH]C(Cl)C(=O)O. The largest absolute Gasteiger partial charge is 0.480 e. The van der Waals surface area contributed by atoms with E-state index < -0.39 is 11.3 Å². The van der Waals surface area contributed by atoms with E-state index in [1.54, 1.807) is 6.92 Å². The van der Waals surface area contributed by atoms with Crippen molar-refractivity contribution in [1.29, 1.82) is 0 Å². The molecule has 0 amide bonds. The second-order valence-corrected chi connectivity index (χ2v) is 1.54. The highest BCUT2D eigenvalue weighted by molar-refractivity contribution is 6.30. The van der Waals surface area contributed by atoms with Crippen LogP contribution in [0.4, 0.5) is 0 Å². The second-order valence-electron chi connectivity index (χ2n) is 1.07. The van der Waals surface area contributed by atoms with Crippen molar-refractivity contribution >= 4 is 17.6 Å². The van der Waals surface area contributed by atoms with E-state index in [1.807, 2.05) is 0 Å². The van der Waals surface area contributed by atoms with Gasteiger partial charge in [0.25, 0.3) is 0 Å². The van der Waals surface area contributed by atoms with Gasteiger partial charge in [0.15, 0.2) is 0 Å². The Morgan fingerprint density at radius 3 is 2.43 bits per heavy atom. The third-order valence-corrected chi connectivity index (χ3v) is 0.967. The maximum Gasteiger partial charge on any atom is 0.321 e. The molecule has 1 atom stereocenters. The van der Waals surface area contributed by atoms with Gasteiger partial charge in [-0.2, -0.15) is 0 Å². The fourth-order valence-electron chi connectivity index (χ4n) is 0.143. The summed E-state index contributed by atoms with van der Waals surface area (Å²) >= 11 is 5.15. The highest BCUT2D eigenvalue weighted by atomic mass is 35.5. The molecule has 0 aliphatic heterocycles. The molecule has 0 aliphatic carbocycles. The number of hydrogen-bond donors (Lipinski definition) is 1. The topological polar surface area (TPSA) is 37.3 Å². The average Bonchev–Trinajstić information content (AvgIpc) is 1.65. The van der Waals surface area contributed by atoms with E-state index in [-0.39, 0.29) is 0 Å². The number of hydrogen-bond acceptors (Lipinski definition) is 1. The maximum atomic E-state index is 9.77. The van der Waals surface area contributed by atoms with Gasteiger partial charge in [-0.05, 0) is 6.42 Å². The number of aliphatic carboxylic acids is 1. The number of carbonyl (C=O) groups is 1. The Hall–Kier alpha value is -0.240. The lowest BCUT2D eigenvalue weighted by Crippen LogP contribution is -2.11. The number of alkyl halides is 1. The number of carboxylic acid groups (broad SMARTS) is 1. The molecule has 1 unspecified atom stereocenters. The van der Waals surface area contributed by atoms with Gasteiger partial charge in [0.05, 0.1) is 0 Å². The maximum absolute atomic E-state index is 9.77. The van der Waals surface area contributed by atoms with Crippen LogP contribution in [-0.2, 0) is 4.79 Å². The van der Waals surface area contributed by atoms with Crippen LogP contribution in [0.15, 0.2) is 0 Å². The zero-order valence-electron chi connectivity index (χ0n) is 3.89. The lowest BCUT2D eigenvalue weighted by Gasteiger charge is -1.93. The monoisotopic (exact) mass is 121 g/mol. The highest BCUT2D eigenvalue weighted by Crippen LogP contribution is 1.97. The Bertz CT molecular complexity index is 72.1. The van der Waals surface area contributed by atoms with Crippen LogP contribution in [0.3, 0.4) is 0 Å². The lowest BCUT2D eigenvalue weighted by molar-refractivity contribution is -0.135. The van der Waals surface area contributed by atoms with Crippen molar-refractivity contribution in [1.82, 2.24) is 0 Å². The standard InChI is InChI=1S/C4H6ClO2/c1-2-3(5)4(6)7/h2-3H,1H3,(H,6,7). The first-order chi connectivity index (χ1) is 3.18. The number of rotatable bonds is 2. The third-order valence-electron chi connectivity index (χ3n) is 0.529. The van der Waals surface area contributed by atoms with Crippen molar-refractivity contribution in [2.24, 2.45) is 0 Å². The minimum Gasteiger partial charge on any atom is -0.480 e. The predicted octanol–water partition coefficient (Wildman–Crippen LogP) is 0.903. The fourth-order valence-corrected chi connectivity index (χ4v) is 0.143. The molecule has 3 heteroatoms. The molecule has 0 aromatic rings. The molecule has 2 nitrogen and oxygen atoms in total. The van der Waals surface area contributed by atoms with Gasteiger partial charge >= 0.3 is 5.97 Å². The van der Waals surface area contributed by atoms with Gasteiger partial charge < -0.3 is 5.11 Å². The van der Waals surface area contributed by atoms with Crippen LogP contribution in [0.5, 0.6) is 0 Å². The molecule has 0 spiro atoms.